The van der Waals surface area contributed by atoms with Crippen molar-refractivity contribution >= 4 is 11.0 Å². The van der Waals surface area contributed by atoms with Crippen LogP contribution in [-0.2, 0) is 4.74 Å². The van der Waals surface area contributed by atoms with Gasteiger partial charge >= 0.3 is 0 Å². The van der Waals surface area contributed by atoms with Crippen LogP contribution in [0, 0.1) is 0 Å². The van der Waals surface area contributed by atoms with Crippen LogP contribution in [0.5, 0.6) is 34.5 Å². The number of hydrogen-bond acceptors (Lipinski definition) is 13. The van der Waals surface area contributed by atoms with Crippen LogP contribution in [0.4, 0.5) is 0 Å². The van der Waals surface area contributed by atoms with Gasteiger partial charge in [0, 0.05) is 18.2 Å². The van der Waals surface area contributed by atoms with Crippen molar-refractivity contribution < 1.29 is 58.4 Å². The lowest BCUT2D eigenvalue weighted by atomic mass is 9.99. The quantitative estimate of drug-likeness (QED) is 0.266. The molecule has 38 heavy (non-hydrogen) atoms. The molecule has 1 fully saturated rings. The highest BCUT2D eigenvalue weighted by Crippen LogP contribution is 2.51. The van der Waals surface area contributed by atoms with E-state index in [9.17, 15) is 30.3 Å². The molecule has 3 aromatic rings. The van der Waals surface area contributed by atoms with Gasteiger partial charge in [-0.15, -0.1) is 0 Å². The first-order chi connectivity index (χ1) is 18.2. The van der Waals surface area contributed by atoms with Gasteiger partial charge in [-0.05, 0) is 6.07 Å². The van der Waals surface area contributed by atoms with Gasteiger partial charge < -0.3 is 58.4 Å². The minimum atomic E-state index is -1.73. The number of phenolic OH excluding ortho intramolecular Hbond substituents is 1. The molecule has 0 unspecified atom stereocenters. The molecule has 5 N–H and O–H groups in total. The van der Waals surface area contributed by atoms with Crippen LogP contribution >= 0.6 is 0 Å². The van der Waals surface area contributed by atoms with Crippen LogP contribution in [0.3, 0.4) is 0 Å². The first kappa shape index (κ1) is 27.3. The van der Waals surface area contributed by atoms with Gasteiger partial charge in [-0.2, -0.15) is 0 Å². The molecule has 0 amide bonds. The third-order valence-corrected chi connectivity index (χ3v) is 6.15. The van der Waals surface area contributed by atoms with Crippen molar-refractivity contribution in [2.75, 3.05) is 35.0 Å². The number of ether oxygens (including phenoxy) is 6. The van der Waals surface area contributed by atoms with Gasteiger partial charge in [0.15, 0.2) is 16.9 Å². The summed E-state index contributed by atoms with van der Waals surface area (Å²) in [5.74, 6) is -0.163. The highest BCUT2D eigenvalue weighted by Gasteiger charge is 2.45. The van der Waals surface area contributed by atoms with E-state index < -0.39 is 42.7 Å². The smallest absolute Gasteiger partial charge is 0.229 e. The topological polar surface area (TPSA) is 187 Å². The molecule has 4 rings (SSSR count). The van der Waals surface area contributed by atoms with E-state index in [1.807, 2.05) is 0 Å². The zero-order chi connectivity index (χ0) is 27.7. The van der Waals surface area contributed by atoms with Crippen molar-refractivity contribution in [1.82, 2.24) is 0 Å². The Morgan fingerprint density at radius 3 is 2.16 bits per heavy atom. The molecule has 0 saturated carbocycles. The van der Waals surface area contributed by atoms with E-state index in [2.05, 4.69) is 0 Å². The minimum absolute atomic E-state index is 0.00695. The maximum atomic E-state index is 12.9. The highest BCUT2D eigenvalue weighted by atomic mass is 16.7. The summed E-state index contributed by atoms with van der Waals surface area (Å²) in [6.45, 7) is -0.666. The first-order valence-electron chi connectivity index (χ1n) is 11.3. The number of rotatable bonds is 8. The molecule has 0 aliphatic carbocycles. The second-order valence-corrected chi connectivity index (χ2v) is 8.33. The maximum absolute atomic E-state index is 12.9. The lowest BCUT2D eigenvalue weighted by Gasteiger charge is -2.39. The van der Waals surface area contributed by atoms with Crippen molar-refractivity contribution in [3.63, 3.8) is 0 Å². The Morgan fingerprint density at radius 2 is 1.55 bits per heavy atom. The molecule has 1 aromatic heterocycles. The van der Waals surface area contributed by atoms with Gasteiger partial charge in [0.2, 0.25) is 17.8 Å². The summed E-state index contributed by atoms with van der Waals surface area (Å²) in [7, 11) is 5.37. The average Bonchev–Trinajstić information content (AvgIpc) is 2.91. The van der Waals surface area contributed by atoms with Gasteiger partial charge in [0.25, 0.3) is 0 Å². The molecule has 0 bridgehead atoms. The Bertz CT molecular complexity index is 1370. The number of hydrogen-bond donors (Lipinski definition) is 5. The average molecular weight is 536 g/mol. The molecule has 13 heteroatoms. The normalized spacial score (nSPS) is 23.2. The fourth-order valence-electron chi connectivity index (χ4n) is 4.21. The molecule has 2 heterocycles. The zero-order valence-corrected chi connectivity index (χ0v) is 20.9. The SMILES string of the molecule is COc1cc(O)c2c(=O)cc(-c3cc(OC)c(OC)c(O[C@@H]4O[C@H](CO)[C@@H](O)[C@H](O)[C@H]4O)c3OC)oc2c1. The third kappa shape index (κ3) is 4.66. The van der Waals surface area contributed by atoms with Crippen molar-refractivity contribution in [3.05, 3.63) is 34.5 Å². The van der Waals surface area contributed by atoms with E-state index in [0.717, 1.165) is 6.07 Å². The van der Waals surface area contributed by atoms with Crippen molar-refractivity contribution in [1.29, 1.82) is 0 Å². The number of benzene rings is 2. The summed E-state index contributed by atoms with van der Waals surface area (Å²) in [4.78, 5) is 12.9. The monoisotopic (exact) mass is 536 g/mol. The van der Waals surface area contributed by atoms with Gasteiger partial charge in [-0.1, -0.05) is 0 Å². The third-order valence-electron chi connectivity index (χ3n) is 6.15. The second-order valence-electron chi connectivity index (χ2n) is 8.33. The number of aliphatic hydroxyl groups is 4. The standard InChI is InChI=1S/C25H28O13/c1-32-10-5-12(27)18-13(28)8-14(36-15(18)6-10)11-7-16(33-2)23(35-4)24(22(11)34-3)38-25-21(31)20(30)19(29)17(9-26)37-25/h5-8,17,19-21,25-27,29-31H,9H2,1-4H3/t17-,19-,20+,21-,25+/m1/s1. The molecule has 206 valence electrons. The molecular formula is C25H28O13. The second kappa shape index (κ2) is 10.9. The Kier molecular flexibility index (Phi) is 7.85. The first-order valence-corrected chi connectivity index (χ1v) is 11.3. The van der Waals surface area contributed by atoms with Crippen LogP contribution in [0.15, 0.2) is 33.5 Å². The molecule has 1 aliphatic heterocycles. The lowest BCUT2D eigenvalue weighted by Crippen LogP contribution is -2.60. The summed E-state index contributed by atoms with van der Waals surface area (Å²) in [6, 6.07) is 5.30. The summed E-state index contributed by atoms with van der Waals surface area (Å²) >= 11 is 0. The molecule has 5 atom stereocenters. The van der Waals surface area contributed by atoms with Gasteiger partial charge in [-0.3, -0.25) is 4.79 Å². The van der Waals surface area contributed by atoms with Crippen LogP contribution in [0.2, 0.25) is 0 Å². The van der Waals surface area contributed by atoms with Gasteiger partial charge in [0.1, 0.15) is 52.6 Å². The Balaban J connectivity index is 1.91. The molecule has 2 aromatic carbocycles. The molecular weight excluding hydrogens is 508 g/mol. The highest BCUT2D eigenvalue weighted by molar-refractivity contribution is 5.87. The summed E-state index contributed by atoms with van der Waals surface area (Å²) in [6.07, 6.45) is -7.85. The van der Waals surface area contributed by atoms with E-state index in [0.29, 0.717) is 0 Å². The van der Waals surface area contributed by atoms with Crippen LogP contribution in [0.1, 0.15) is 0 Å². The Labute approximate surface area is 215 Å². The molecule has 0 spiro atoms. The molecule has 1 saturated heterocycles. The largest absolute Gasteiger partial charge is 0.507 e. The van der Waals surface area contributed by atoms with E-state index in [1.165, 1.54) is 46.6 Å². The van der Waals surface area contributed by atoms with E-state index in [-0.39, 0.29) is 56.8 Å². The van der Waals surface area contributed by atoms with Crippen molar-refractivity contribution in [3.8, 4) is 45.8 Å². The maximum Gasteiger partial charge on any atom is 0.229 e. The lowest BCUT2D eigenvalue weighted by molar-refractivity contribution is -0.277. The number of methoxy groups -OCH3 is 4. The zero-order valence-electron chi connectivity index (χ0n) is 20.9. The van der Waals surface area contributed by atoms with Crippen molar-refractivity contribution in [2.24, 2.45) is 0 Å². The van der Waals surface area contributed by atoms with E-state index >= 15 is 0 Å². The number of aromatic hydroxyl groups is 1. The van der Waals surface area contributed by atoms with Crippen LogP contribution in [0.25, 0.3) is 22.3 Å². The minimum Gasteiger partial charge on any atom is -0.507 e. The number of aliphatic hydroxyl groups excluding tert-OH is 4. The molecule has 13 nitrogen and oxygen atoms in total. The predicted molar refractivity (Wildman–Crippen MR) is 130 cm³/mol. The van der Waals surface area contributed by atoms with Crippen LogP contribution < -0.4 is 29.1 Å². The van der Waals surface area contributed by atoms with E-state index in [1.54, 1.807) is 0 Å². The van der Waals surface area contributed by atoms with Gasteiger partial charge in [0.05, 0.1) is 40.6 Å². The fraction of sp³-hybridized carbons (Fsp3) is 0.400. The molecule has 0 radical (unpaired) electrons. The summed E-state index contributed by atoms with van der Waals surface area (Å²) in [5, 5.41) is 50.5. The van der Waals surface area contributed by atoms with Crippen molar-refractivity contribution in [2.45, 2.75) is 30.7 Å². The Morgan fingerprint density at radius 1 is 0.842 bits per heavy atom. The Hall–Kier alpha value is -3.75. The number of phenols is 1. The number of fused-ring (bicyclic) bond motifs is 1. The van der Waals surface area contributed by atoms with Gasteiger partial charge in [-0.25, -0.2) is 0 Å². The van der Waals surface area contributed by atoms with E-state index in [4.69, 9.17) is 32.8 Å². The predicted octanol–water partition coefficient (Wildman–Crippen LogP) is 0.379. The summed E-state index contributed by atoms with van der Waals surface area (Å²) < 4.78 is 38.9. The summed E-state index contributed by atoms with van der Waals surface area (Å²) in [5.41, 5.74) is -0.377. The molecule has 1 aliphatic rings. The van der Waals surface area contributed by atoms with Crippen LogP contribution in [-0.4, -0.2) is 91.3 Å². The fourth-order valence-corrected chi connectivity index (χ4v) is 4.21.